The van der Waals surface area contributed by atoms with Gasteiger partial charge in [0.05, 0.1) is 12.4 Å². The lowest BCUT2D eigenvalue weighted by atomic mass is 10.4. The fourth-order valence-corrected chi connectivity index (χ4v) is 1.04. The van der Waals surface area contributed by atoms with Crippen LogP contribution < -0.4 is 11.2 Å². The molecule has 0 saturated carbocycles. The molecule has 0 bridgehead atoms. The van der Waals surface area contributed by atoms with E-state index < -0.39 is 0 Å². The van der Waals surface area contributed by atoms with Gasteiger partial charge in [-0.3, -0.25) is 4.98 Å². The Morgan fingerprint density at radius 2 is 2.00 bits per heavy atom. The minimum Gasteiger partial charge on any atom is -0.380 e. The minimum absolute atomic E-state index is 0.333. The number of nitrogens with zero attached hydrogens (tertiary/aromatic N) is 5. The van der Waals surface area contributed by atoms with Gasteiger partial charge < -0.3 is 16.2 Å². The third-order valence-electron chi connectivity index (χ3n) is 1.54. The lowest BCUT2D eigenvalue weighted by molar-refractivity contribution is 0.437. The van der Waals surface area contributed by atoms with E-state index >= 15 is 0 Å². The van der Waals surface area contributed by atoms with Gasteiger partial charge in [0.15, 0.2) is 11.7 Å². The van der Waals surface area contributed by atoms with E-state index in [4.69, 9.17) is 5.73 Å². The average Bonchev–Trinajstić information content (AvgIpc) is 2.16. The highest BCUT2D eigenvalue weighted by Crippen LogP contribution is 2.02. The summed E-state index contributed by atoms with van der Waals surface area (Å²) in [4.78, 5) is 8.30. The van der Waals surface area contributed by atoms with Gasteiger partial charge in [-0.25, -0.2) is 9.99 Å². The maximum atomic E-state index is 5.76. The van der Waals surface area contributed by atoms with Crippen molar-refractivity contribution < 1.29 is 0 Å². The van der Waals surface area contributed by atoms with Crippen LogP contribution in [0.1, 0.15) is 5.69 Å². The predicted octanol–water partition coefficient (Wildman–Crippen LogP) is -0.453. The molecule has 7 heteroatoms. The monoisotopic (exact) mass is 223 g/mol. The second-order valence-corrected chi connectivity index (χ2v) is 3.63. The maximum absolute atomic E-state index is 5.76. The molecule has 0 fully saturated rings. The Hall–Kier alpha value is -1.89. The SMILES string of the molecule is CN(C)/N=C(/N)c1cncc(NN(C)C)n1. The Bertz CT molecular complexity index is 372. The first kappa shape index (κ1) is 12.2. The van der Waals surface area contributed by atoms with Crippen LogP contribution in [0.25, 0.3) is 0 Å². The lowest BCUT2D eigenvalue weighted by Crippen LogP contribution is -2.23. The molecule has 0 aromatic carbocycles. The Kier molecular flexibility index (Phi) is 4.01. The fraction of sp³-hybridized carbons (Fsp3) is 0.444. The molecular weight excluding hydrogens is 206 g/mol. The molecule has 1 heterocycles. The number of nitrogens with two attached hydrogens (primary N) is 1. The standard InChI is InChI=1S/C9H17N7/c1-15(2)13-8-6-11-5-7(12-8)9(10)14-16(3)4/h5-6H,1-4H3,(H2,10,14)(H,12,13). The van der Waals surface area contributed by atoms with E-state index in [2.05, 4.69) is 20.5 Å². The number of hydrazone groups is 1. The highest BCUT2D eigenvalue weighted by molar-refractivity contribution is 5.95. The molecule has 88 valence electrons. The molecular formula is C9H17N7. The van der Waals surface area contributed by atoms with Crippen molar-refractivity contribution in [3.05, 3.63) is 18.1 Å². The van der Waals surface area contributed by atoms with E-state index in [1.165, 1.54) is 0 Å². The molecule has 0 aliphatic heterocycles. The number of anilines is 1. The Morgan fingerprint density at radius 3 is 2.56 bits per heavy atom. The number of aromatic nitrogens is 2. The lowest BCUT2D eigenvalue weighted by Gasteiger charge is -2.12. The summed E-state index contributed by atoms with van der Waals surface area (Å²) in [5, 5.41) is 7.44. The van der Waals surface area contributed by atoms with Crippen molar-refractivity contribution in [2.75, 3.05) is 33.6 Å². The molecule has 0 aliphatic carbocycles. The Morgan fingerprint density at radius 1 is 1.31 bits per heavy atom. The van der Waals surface area contributed by atoms with E-state index in [9.17, 15) is 0 Å². The van der Waals surface area contributed by atoms with Gasteiger partial charge in [-0.2, -0.15) is 5.10 Å². The molecule has 7 nitrogen and oxygen atoms in total. The summed E-state index contributed by atoms with van der Waals surface area (Å²) in [6.07, 6.45) is 3.19. The van der Waals surface area contributed by atoms with E-state index in [1.54, 1.807) is 36.5 Å². The van der Waals surface area contributed by atoms with Crippen LogP contribution in [0.4, 0.5) is 5.82 Å². The fourth-order valence-electron chi connectivity index (χ4n) is 1.04. The van der Waals surface area contributed by atoms with E-state index in [0.29, 0.717) is 17.3 Å². The molecule has 0 radical (unpaired) electrons. The molecule has 16 heavy (non-hydrogen) atoms. The Labute approximate surface area is 94.9 Å². The number of hydrogen-bond acceptors (Lipinski definition) is 6. The van der Waals surface area contributed by atoms with Crippen LogP contribution in [-0.4, -0.2) is 54.0 Å². The predicted molar refractivity (Wildman–Crippen MR) is 63.8 cm³/mol. The van der Waals surface area contributed by atoms with Crippen LogP contribution in [0.3, 0.4) is 0 Å². The maximum Gasteiger partial charge on any atom is 0.171 e. The summed E-state index contributed by atoms with van der Waals surface area (Å²) in [5.74, 6) is 0.958. The van der Waals surface area contributed by atoms with Crippen LogP contribution in [0.15, 0.2) is 17.5 Å². The zero-order chi connectivity index (χ0) is 12.1. The second kappa shape index (κ2) is 5.26. The van der Waals surface area contributed by atoms with Crippen molar-refractivity contribution in [1.82, 2.24) is 20.0 Å². The first-order valence-electron chi connectivity index (χ1n) is 4.77. The summed E-state index contributed by atoms with van der Waals surface area (Å²) in [5.41, 5.74) is 9.29. The molecule has 0 atom stereocenters. The van der Waals surface area contributed by atoms with Gasteiger partial charge in [0.25, 0.3) is 0 Å². The number of nitrogens with one attached hydrogen (secondary N) is 1. The van der Waals surface area contributed by atoms with Gasteiger partial charge >= 0.3 is 0 Å². The van der Waals surface area contributed by atoms with Crippen LogP contribution in [-0.2, 0) is 0 Å². The summed E-state index contributed by atoms with van der Waals surface area (Å²) < 4.78 is 0. The second-order valence-electron chi connectivity index (χ2n) is 3.63. The molecule has 1 rings (SSSR count). The molecule has 0 saturated heterocycles. The summed E-state index contributed by atoms with van der Waals surface area (Å²) in [7, 11) is 7.32. The van der Waals surface area contributed by atoms with Gasteiger partial charge in [-0.1, -0.05) is 0 Å². The topological polar surface area (TPSA) is 82.7 Å². The molecule has 1 aromatic rings. The van der Waals surface area contributed by atoms with Gasteiger partial charge in [0.1, 0.15) is 5.69 Å². The highest BCUT2D eigenvalue weighted by Gasteiger charge is 2.03. The third kappa shape index (κ3) is 3.70. The normalized spacial score (nSPS) is 11.7. The van der Waals surface area contributed by atoms with Crippen LogP contribution in [0.5, 0.6) is 0 Å². The molecule has 1 aromatic heterocycles. The first-order valence-corrected chi connectivity index (χ1v) is 4.77. The van der Waals surface area contributed by atoms with E-state index in [0.717, 1.165) is 0 Å². The summed E-state index contributed by atoms with van der Waals surface area (Å²) in [6, 6.07) is 0. The largest absolute Gasteiger partial charge is 0.380 e. The number of amidine groups is 1. The minimum atomic E-state index is 0.333. The number of rotatable bonds is 4. The molecule has 0 unspecified atom stereocenters. The smallest absolute Gasteiger partial charge is 0.171 e. The van der Waals surface area contributed by atoms with Crippen molar-refractivity contribution in [3.63, 3.8) is 0 Å². The molecule has 0 spiro atoms. The van der Waals surface area contributed by atoms with E-state index in [1.807, 2.05) is 14.1 Å². The highest BCUT2D eigenvalue weighted by atomic mass is 15.5. The zero-order valence-electron chi connectivity index (χ0n) is 9.97. The zero-order valence-corrected chi connectivity index (χ0v) is 9.97. The average molecular weight is 223 g/mol. The van der Waals surface area contributed by atoms with Crippen molar-refractivity contribution in [3.8, 4) is 0 Å². The molecule has 0 amide bonds. The van der Waals surface area contributed by atoms with Gasteiger partial charge in [0, 0.05) is 28.2 Å². The first-order chi connectivity index (χ1) is 7.49. The van der Waals surface area contributed by atoms with Crippen LogP contribution >= 0.6 is 0 Å². The van der Waals surface area contributed by atoms with Crippen molar-refractivity contribution in [1.29, 1.82) is 0 Å². The summed E-state index contributed by atoms with van der Waals surface area (Å²) in [6.45, 7) is 0. The van der Waals surface area contributed by atoms with Crippen molar-refractivity contribution in [2.24, 2.45) is 10.8 Å². The number of hydrogen-bond donors (Lipinski definition) is 2. The Balaban J connectivity index is 2.90. The van der Waals surface area contributed by atoms with Gasteiger partial charge in [0.2, 0.25) is 0 Å². The van der Waals surface area contributed by atoms with E-state index in [-0.39, 0.29) is 0 Å². The third-order valence-corrected chi connectivity index (χ3v) is 1.54. The van der Waals surface area contributed by atoms with Gasteiger partial charge in [-0.15, -0.1) is 0 Å². The summed E-state index contributed by atoms with van der Waals surface area (Å²) >= 11 is 0. The van der Waals surface area contributed by atoms with Gasteiger partial charge in [-0.05, 0) is 0 Å². The van der Waals surface area contributed by atoms with Crippen molar-refractivity contribution in [2.45, 2.75) is 0 Å². The molecule has 3 N–H and O–H groups in total. The van der Waals surface area contributed by atoms with Crippen LogP contribution in [0, 0.1) is 0 Å². The van der Waals surface area contributed by atoms with Crippen LogP contribution in [0.2, 0.25) is 0 Å². The van der Waals surface area contributed by atoms with Crippen molar-refractivity contribution >= 4 is 11.7 Å². The number of hydrazine groups is 1. The quantitative estimate of drug-likeness (QED) is 0.408. The molecule has 0 aliphatic rings.